The van der Waals surface area contributed by atoms with E-state index in [-0.39, 0.29) is 23.7 Å². The van der Waals surface area contributed by atoms with Crippen LogP contribution in [0.25, 0.3) is 0 Å². The molecule has 23 heavy (non-hydrogen) atoms. The third kappa shape index (κ3) is 3.76. The summed E-state index contributed by atoms with van der Waals surface area (Å²) < 4.78 is 0. The summed E-state index contributed by atoms with van der Waals surface area (Å²) >= 11 is 6.06. The van der Waals surface area contributed by atoms with Crippen molar-refractivity contribution in [1.82, 2.24) is 4.90 Å². The first kappa shape index (κ1) is 18.4. The monoisotopic (exact) mass is 357 g/mol. The Hall–Kier alpha value is -0.970. The summed E-state index contributed by atoms with van der Waals surface area (Å²) in [6, 6.07) is 7.91. The van der Waals surface area contributed by atoms with Gasteiger partial charge in [0, 0.05) is 43.4 Å². The van der Waals surface area contributed by atoms with E-state index in [1.807, 2.05) is 23.1 Å². The molecule has 3 rings (SSSR count). The Morgan fingerprint density at radius 2 is 1.83 bits per heavy atom. The van der Waals surface area contributed by atoms with E-state index < -0.39 is 0 Å². The molecular weight excluding hydrogens is 333 g/mol. The number of nitrogens with zero attached hydrogens (tertiary/aromatic N) is 2. The highest BCUT2D eigenvalue weighted by Gasteiger charge is 2.42. The Morgan fingerprint density at radius 3 is 2.39 bits per heavy atom. The van der Waals surface area contributed by atoms with E-state index in [1.54, 1.807) is 0 Å². The van der Waals surface area contributed by atoms with Gasteiger partial charge in [-0.1, -0.05) is 30.5 Å². The third-order valence-electron chi connectivity index (χ3n) is 5.15. The topological polar surface area (TPSA) is 49.6 Å². The van der Waals surface area contributed by atoms with Gasteiger partial charge in [-0.15, -0.1) is 12.4 Å². The number of benzene rings is 1. The molecular formula is C17H25Cl2N3O. The van der Waals surface area contributed by atoms with Crippen LogP contribution in [0.2, 0.25) is 5.02 Å². The third-order valence-corrected chi connectivity index (χ3v) is 5.38. The fourth-order valence-electron chi connectivity index (χ4n) is 3.73. The molecule has 0 atom stereocenters. The van der Waals surface area contributed by atoms with Crippen molar-refractivity contribution in [3.8, 4) is 0 Å². The van der Waals surface area contributed by atoms with Crippen LogP contribution in [0.15, 0.2) is 24.3 Å². The molecule has 1 saturated carbocycles. The van der Waals surface area contributed by atoms with Crippen molar-refractivity contribution in [2.45, 2.75) is 25.7 Å². The zero-order valence-electron chi connectivity index (χ0n) is 13.3. The van der Waals surface area contributed by atoms with E-state index in [1.165, 1.54) is 0 Å². The van der Waals surface area contributed by atoms with Crippen LogP contribution in [0.1, 0.15) is 25.7 Å². The summed E-state index contributed by atoms with van der Waals surface area (Å²) in [6.45, 7) is 3.74. The highest BCUT2D eigenvalue weighted by atomic mass is 35.5. The Kier molecular flexibility index (Phi) is 6.18. The first-order chi connectivity index (χ1) is 10.6. The Morgan fingerprint density at radius 1 is 1.17 bits per heavy atom. The van der Waals surface area contributed by atoms with Crippen molar-refractivity contribution in [3.05, 3.63) is 29.3 Å². The lowest BCUT2D eigenvalue weighted by Crippen LogP contribution is -2.54. The molecule has 1 aliphatic heterocycles. The lowest BCUT2D eigenvalue weighted by molar-refractivity contribution is -0.141. The maximum Gasteiger partial charge on any atom is 0.230 e. The van der Waals surface area contributed by atoms with Gasteiger partial charge in [-0.25, -0.2) is 0 Å². The summed E-state index contributed by atoms with van der Waals surface area (Å²) in [6.07, 6.45) is 4.17. The van der Waals surface area contributed by atoms with Crippen LogP contribution < -0.4 is 10.6 Å². The molecule has 2 aliphatic rings. The zero-order chi connectivity index (χ0) is 15.6. The molecule has 0 unspecified atom stereocenters. The standard InChI is InChI=1S/C17H24ClN3O.ClH/c18-14-4-3-5-15(12-14)20-8-10-21(11-9-20)16(22)17(13-19)6-1-2-7-17;/h3-5,12H,1-2,6-11,13,19H2;1H. The van der Waals surface area contributed by atoms with Crippen molar-refractivity contribution in [2.24, 2.45) is 11.1 Å². The average Bonchev–Trinajstić information content (AvgIpc) is 3.04. The molecule has 4 nitrogen and oxygen atoms in total. The predicted molar refractivity (Wildman–Crippen MR) is 97.4 cm³/mol. The number of anilines is 1. The number of carbonyl (C=O) groups is 1. The Balaban J connectivity index is 0.00000192. The van der Waals surface area contributed by atoms with Gasteiger partial charge in [0.1, 0.15) is 0 Å². The number of carbonyl (C=O) groups excluding carboxylic acids is 1. The van der Waals surface area contributed by atoms with Crippen LogP contribution in [-0.4, -0.2) is 43.5 Å². The zero-order valence-corrected chi connectivity index (χ0v) is 14.9. The number of nitrogens with two attached hydrogens (primary N) is 1. The van der Waals surface area contributed by atoms with E-state index in [0.29, 0.717) is 6.54 Å². The van der Waals surface area contributed by atoms with Gasteiger partial charge in [-0.05, 0) is 31.0 Å². The molecule has 1 aliphatic carbocycles. The van der Waals surface area contributed by atoms with E-state index in [9.17, 15) is 4.79 Å². The first-order valence-electron chi connectivity index (χ1n) is 8.15. The van der Waals surface area contributed by atoms with E-state index >= 15 is 0 Å². The minimum Gasteiger partial charge on any atom is -0.368 e. The van der Waals surface area contributed by atoms with Crippen LogP contribution in [0.3, 0.4) is 0 Å². The lowest BCUT2D eigenvalue weighted by Gasteiger charge is -2.40. The van der Waals surface area contributed by atoms with E-state index in [4.69, 9.17) is 17.3 Å². The Bertz CT molecular complexity index is 538. The number of amides is 1. The fourth-order valence-corrected chi connectivity index (χ4v) is 3.92. The van der Waals surface area contributed by atoms with E-state index in [0.717, 1.165) is 62.6 Å². The summed E-state index contributed by atoms with van der Waals surface area (Å²) in [7, 11) is 0. The molecule has 0 aromatic heterocycles. The molecule has 1 saturated heterocycles. The maximum absolute atomic E-state index is 12.9. The van der Waals surface area contributed by atoms with Gasteiger partial charge in [-0.2, -0.15) is 0 Å². The van der Waals surface area contributed by atoms with Gasteiger partial charge in [0.05, 0.1) is 5.41 Å². The first-order valence-corrected chi connectivity index (χ1v) is 8.52. The van der Waals surface area contributed by atoms with E-state index in [2.05, 4.69) is 11.0 Å². The van der Waals surface area contributed by atoms with Crippen molar-refractivity contribution >= 4 is 35.6 Å². The summed E-state index contributed by atoms with van der Waals surface area (Å²) in [4.78, 5) is 17.2. The van der Waals surface area contributed by atoms with Crippen LogP contribution in [0.4, 0.5) is 5.69 Å². The molecule has 0 bridgehead atoms. The Labute approximate surface area is 149 Å². The number of hydrogen-bond donors (Lipinski definition) is 1. The molecule has 1 heterocycles. The smallest absolute Gasteiger partial charge is 0.230 e. The van der Waals surface area contributed by atoms with Gasteiger partial charge in [-0.3, -0.25) is 4.79 Å². The second-order valence-corrected chi connectivity index (χ2v) is 6.89. The predicted octanol–water partition coefficient (Wildman–Crippen LogP) is 2.93. The average molecular weight is 358 g/mol. The molecule has 128 valence electrons. The lowest BCUT2D eigenvalue weighted by atomic mass is 9.84. The van der Waals surface area contributed by atoms with Crippen LogP contribution in [0.5, 0.6) is 0 Å². The summed E-state index contributed by atoms with van der Waals surface area (Å²) in [5.74, 6) is 0.276. The molecule has 6 heteroatoms. The number of piperazine rings is 1. The highest BCUT2D eigenvalue weighted by molar-refractivity contribution is 6.30. The maximum atomic E-state index is 12.9. The molecule has 1 amide bonds. The number of halogens is 2. The largest absolute Gasteiger partial charge is 0.368 e. The molecule has 0 spiro atoms. The molecule has 2 fully saturated rings. The molecule has 0 radical (unpaired) electrons. The van der Waals surface area contributed by atoms with Crippen molar-refractivity contribution in [1.29, 1.82) is 0 Å². The van der Waals surface area contributed by atoms with Crippen molar-refractivity contribution in [2.75, 3.05) is 37.6 Å². The van der Waals surface area contributed by atoms with Crippen molar-refractivity contribution in [3.63, 3.8) is 0 Å². The molecule has 1 aromatic carbocycles. The van der Waals surface area contributed by atoms with Gasteiger partial charge in [0.15, 0.2) is 0 Å². The molecule has 1 aromatic rings. The highest BCUT2D eigenvalue weighted by Crippen LogP contribution is 2.39. The van der Waals surface area contributed by atoms with Crippen LogP contribution in [0, 0.1) is 5.41 Å². The fraction of sp³-hybridized carbons (Fsp3) is 0.588. The van der Waals surface area contributed by atoms with Gasteiger partial charge < -0.3 is 15.5 Å². The van der Waals surface area contributed by atoms with Gasteiger partial charge in [0.25, 0.3) is 0 Å². The number of hydrogen-bond acceptors (Lipinski definition) is 3. The summed E-state index contributed by atoms with van der Waals surface area (Å²) in [5.41, 5.74) is 6.79. The number of rotatable bonds is 3. The van der Waals surface area contributed by atoms with Crippen molar-refractivity contribution < 1.29 is 4.79 Å². The second kappa shape index (κ2) is 7.73. The molecule has 2 N–H and O–H groups in total. The minimum atomic E-state index is -0.280. The second-order valence-electron chi connectivity index (χ2n) is 6.45. The minimum absolute atomic E-state index is 0. The van der Waals surface area contributed by atoms with Gasteiger partial charge >= 0.3 is 0 Å². The van der Waals surface area contributed by atoms with Crippen LogP contribution >= 0.6 is 24.0 Å². The van der Waals surface area contributed by atoms with Crippen LogP contribution in [-0.2, 0) is 4.79 Å². The normalized spacial score (nSPS) is 20.3. The SMILES string of the molecule is Cl.NCC1(C(=O)N2CCN(c3cccc(Cl)c3)CC2)CCCC1. The quantitative estimate of drug-likeness (QED) is 0.904. The van der Waals surface area contributed by atoms with Gasteiger partial charge in [0.2, 0.25) is 5.91 Å². The summed E-state index contributed by atoms with van der Waals surface area (Å²) in [5, 5.41) is 0.754.